The molecule has 0 spiro atoms. The zero-order valence-corrected chi connectivity index (χ0v) is 9.90. The number of amides is 1. The first-order valence-electron chi connectivity index (χ1n) is 5.02. The zero-order chi connectivity index (χ0) is 13.1. The molecule has 3 N–H and O–H groups in total. The molecule has 0 bridgehead atoms. The highest BCUT2D eigenvalue weighted by atomic mass is 16.6. The molecule has 1 rings (SSSR count). The molecule has 0 saturated heterocycles. The van der Waals surface area contributed by atoms with Gasteiger partial charge < -0.3 is 20.1 Å². The summed E-state index contributed by atoms with van der Waals surface area (Å²) in [4.78, 5) is 28.0. The summed E-state index contributed by atoms with van der Waals surface area (Å²) < 4.78 is 5.01. The maximum Gasteiger partial charge on any atom is 0.407 e. The molecule has 0 saturated carbocycles. The van der Waals surface area contributed by atoms with Gasteiger partial charge in [0.2, 0.25) is 5.82 Å². The highest BCUT2D eigenvalue weighted by molar-refractivity contribution is 5.83. The molecule has 0 unspecified atom stereocenters. The SMILES string of the molecule is CC(C)(C)OC(=O)NCc1cnc(C(=O)O)[nH]1. The molecule has 1 aromatic heterocycles. The molecule has 7 heteroatoms. The molecule has 0 atom stereocenters. The van der Waals surface area contributed by atoms with Crippen molar-refractivity contribution in [2.45, 2.75) is 32.9 Å². The van der Waals surface area contributed by atoms with Gasteiger partial charge in [0.15, 0.2) is 0 Å². The molecule has 1 heterocycles. The van der Waals surface area contributed by atoms with E-state index in [1.807, 2.05) is 0 Å². The Hall–Kier alpha value is -2.05. The molecule has 94 valence electrons. The van der Waals surface area contributed by atoms with E-state index in [1.165, 1.54) is 6.20 Å². The number of hydrogen-bond acceptors (Lipinski definition) is 4. The molecule has 0 radical (unpaired) electrons. The third-order valence-corrected chi connectivity index (χ3v) is 1.65. The summed E-state index contributed by atoms with van der Waals surface area (Å²) in [6, 6.07) is 0. The fourth-order valence-electron chi connectivity index (χ4n) is 1.04. The maximum atomic E-state index is 11.3. The Kier molecular flexibility index (Phi) is 3.72. The number of hydrogen-bond donors (Lipinski definition) is 3. The topological polar surface area (TPSA) is 104 Å². The largest absolute Gasteiger partial charge is 0.475 e. The van der Waals surface area contributed by atoms with Crippen LogP contribution in [-0.2, 0) is 11.3 Å². The van der Waals surface area contributed by atoms with Crippen LogP contribution < -0.4 is 5.32 Å². The van der Waals surface area contributed by atoms with E-state index in [2.05, 4.69) is 15.3 Å². The Morgan fingerprint density at radius 3 is 2.65 bits per heavy atom. The Labute approximate surface area is 98.2 Å². The normalized spacial score (nSPS) is 11.0. The minimum absolute atomic E-state index is 0.134. The molecule has 1 amide bonds. The van der Waals surface area contributed by atoms with Crippen molar-refractivity contribution in [1.82, 2.24) is 15.3 Å². The number of aromatic nitrogens is 2. The van der Waals surface area contributed by atoms with Gasteiger partial charge in [-0.05, 0) is 20.8 Å². The minimum atomic E-state index is -1.14. The van der Waals surface area contributed by atoms with Crippen LogP contribution in [0.5, 0.6) is 0 Å². The summed E-state index contributed by atoms with van der Waals surface area (Å²) in [6.07, 6.45) is 0.782. The third kappa shape index (κ3) is 4.54. The lowest BCUT2D eigenvalue weighted by Crippen LogP contribution is -2.32. The zero-order valence-electron chi connectivity index (χ0n) is 9.90. The maximum absolute atomic E-state index is 11.3. The van der Waals surface area contributed by atoms with Crippen molar-refractivity contribution < 1.29 is 19.4 Å². The first kappa shape index (κ1) is 13.0. The summed E-state index contributed by atoms with van der Waals surface area (Å²) in [5.41, 5.74) is -0.0714. The van der Waals surface area contributed by atoms with Crippen molar-refractivity contribution in [1.29, 1.82) is 0 Å². The van der Waals surface area contributed by atoms with E-state index in [1.54, 1.807) is 20.8 Å². The van der Waals surface area contributed by atoms with Gasteiger partial charge in [-0.3, -0.25) is 0 Å². The first-order chi connectivity index (χ1) is 7.78. The van der Waals surface area contributed by atoms with Crippen LogP contribution in [-0.4, -0.2) is 32.7 Å². The lowest BCUT2D eigenvalue weighted by atomic mass is 10.2. The second-order valence-electron chi connectivity index (χ2n) is 4.42. The number of carbonyl (C=O) groups excluding carboxylic acids is 1. The van der Waals surface area contributed by atoms with Crippen LogP contribution in [0, 0.1) is 0 Å². The van der Waals surface area contributed by atoms with Crippen LogP contribution in [0.2, 0.25) is 0 Å². The number of carbonyl (C=O) groups is 2. The average molecular weight is 241 g/mol. The van der Waals surface area contributed by atoms with Crippen LogP contribution in [0.4, 0.5) is 4.79 Å². The van der Waals surface area contributed by atoms with Crippen molar-refractivity contribution >= 4 is 12.1 Å². The van der Waals surface area contributed by atoms with Gasteiger partial charge in [-0.2, -0.15) is 0 Å². The Morgan fingerprint density at radius 2 is 2.18 bits per heavy atom. The molecular weight excluding hydrogens is 226 g/mol. The van der Waals surface area contributed by atoms with E-state index in [0.29, 0.717) is 5.69 Å². The predicted octanol–water partition coefficient (Wildman–Crippen LogP) is 1.13. The number of aromatic carboxylic acids is 1. The van der Waals surface area contributed by atoms with Gasteiger partial charge in [-0.25, -0.2) is 14.6 Å². The van der Waals surface area contributed by atoms with Gasteiger partial charge in [0.05, 0.1) is 18.4 Å². The number of carboxylic acids is 1. The highest BCUT2D eigenvalue weighted by Gasteiger charge is 2.16. The van der Waals surface area contributed by atoms with Crippen molar-refractivity contribution in [3.8, 4) is 0 Å². The van der Waals surface area contributed by atoms with E-state index in [4.69, 9.17) is 9.84 Å². The number of imidazole rings is 1. The highest BCUT2D eigenvalue weighted by Crippen LogP contribution is 2.06. The fourth-order valence-corrected chi connectivity index (χ4v) is 1.04. The van der Waals surface area contributed by atoms with E-state index in [9.17, 15) is 9.59 Å². The molecule has 0 aliphatic carbocycles. The minimum Gasteiger partial charge on any atom is -0.475 e. The number of rotatable bonds is 3. The summed E-state index contributed by atoms with van der Waals surface area (Å²) in [5, 5.41) is 11.1. The summed E-state index contributed by atoms with van der Waals surface area (Å²) >= 11 is 0. The molecule has 0 aliphatic heterocycles. The summed E-state index contributed by atoms with van der Waals surface area (Å²) in [6.45, 7) is 5.40. The molecule has 7 nitrogen and oxygen atoms in total. The predicted molar refractivity (Wildman–Crippen MR) is 58.6 cm³/mol. The number of carboxylic acid groups (broad SMARTS) is 1. The molecule has 0 aliphatic rings. The van der Waals surface area contributed by atoms with E-state index in [-0.39, 0.29) is 12.4 Å². The van der Waals surface area contributed by atoms with Gasteiger partial charge in [-0.15, -0.1) is 0 Å². The van der Waals surface area contributed by atoms with E-state index < -0.39 is 17.7 Å². The van der Waals surface area contributed by atoms with Crippen molar-refractivity contribution in [3.63, 3.8) is 0 Å². The molecule has 1 aromatic rings. The molecule has 17 heavy (non-hydrogen) atoms. The quantitative estimate of drug-likeness (QED) is 0.735. The van der Waals surface area contributed by atoms with Gasteiger partial charge in [0.1, 0.15) is 5.60 Å². The van der Waals surface area contributed by atoms with E-state index in [0.717, 1.165) is 0 Å². The summed E-state index contributed by atoms with van der Waals surface area (Å²) in [7, 11) is 0. The van der Waals surface area contributed by atoms with Gasteiger partial charge in [0.25, 0.3) is 0 Å². The number of aromatic amines is 1. The Bertz CT molecular complexity index is 419. The molecular formula is C10H15N3O4. The van der Waals surface area contributed by atoms with Gasteiger partial charge in [-0.1, -0.05) is 0 Å². The number of nitrogens with zero attached hydrogens (tertiary/aromatic N) is 1. The number of ether oxygens (including phenoxy) is 1. The number of nitrogens with one attached hydrogen (secondary N) is 2. The van der Waals surface area contributed by atoms with Crippen LogP contribution in [0.3, 0.4) is 0 Å². The monoisotopic (exact) mass is 241 g/mol. The number of H-pyrrole nitrogens is 1. The average Bonchev–Trinajstić information content (AvgIpc) is 2.60. The lowest BCUT2D eigenvalue weighted by Gasteiger charge is -2.19. The fraction of sp³-hybridized carbons (Fsp3) is 0.500. The van der Waals surface area contributed by atoms with E-state index >= 15 is 0 Å². The van der Waals surface area contributed by atoms with Crippen LogP contribution in [0.1, 0.15) is 37.1 Å². The Morgan fingerprint density at radius 1 is 1.53 bits per heavy atom. The van der Waals surface area contributed by atoms with Gasteiger partial charge >= 0.3 is 12.1 Å². The molecule has 0 aromatic carbocycles. The van der Waals surface area contributed by atoms with Crippen molar-refractivity contribution in [3.05, 3.63) is 17.7 Å². The summed E-state index contributed by atoms with van der Waals surface area (Å²) in [5.74, 6) is -1.31. The molecule has 0 fully saturated rings. The van der Waals surface area contributed by atoms with Crippen molar-refractivity contribution in [2.75, 3.05) is 0 Å². The van der Waals surface area contributed by atoms with Crippen LogP contribution in [0.25, 0.3) is 0 Å². The van der Waals surface area contributed by atoms with Crippen LogP contribution in [0.15, 0.2) is 6.20 Å². The van der Waals surface area contributed by atoms with Crippen molar-refractivity contribution in [2.24, 2.45) is 0 Å². The first-order valence-corrected chi connectivity index (χ1v) is 5.02. The lowest BCUT2D eigenvalue weighted by molar-refractivity contribution is 0.0522. The smallest absolute Gasteiger partial charge is 0.407 e. The van der Waals surface area contributed by atoms with Crippen LogP contribution >= 0.6 is 0 Å². The number of alkyl carbamates (subject to hydrolysis) is 1. The van der Waals surface area contributed by atoms with Gasteiger partial charge in [0, 0.05) is 0 Å². The third-order valence-electron chi connectivity index (χ3n) is 1.65. The second kappa shape index (κ2) is 4.86. The Balaban J connectivity index is 2.45. The standard InChI is InChI=1S/C10H15N3O4/c1-10(2,3)17-9(16)12-5-6-4-11-7(13-6)8(14)15/h4H,5H2,1-3H3,(H,11,13)(H,12,16)(H,14,15). The second-order valence-corrected chi connectivity index (χ2v) is 4.42.